The van der Waals surface area contributed by atoms with Crippen molar-refractivity contribution in [2.24, 2.45) is 0 Å². The van der Waals surface area contributed by atoms with E-state index < -0.39 is 0 Å². The third-order valence-electron chi connectivity index (χ3n) is 4.99. The Hall–Kier alpha value is -2.33. The van der Waals surface area contributed by atoms with Gasteiger partial charge in [0, 0.05) is 30.6 Å². The molecule has 9 heteroatoms. The van der Waals surface area contributed by atoms with Crippen molar-refractivity contribution in [2.75, 3.05) is 25.5 Å². The van der Waals surface area contributed by atoms with Crippen LogP contribution in [0, 0.1) is 6.92 Å². The third kappa shape index (κ3) is 5.30. The Labute approximate surface area is 190 Å². The number of nitrogens with one attached hydrogen (secondary N) is 1. The van der Waals surface area contributed by atoms with Crippen LogP contribution >= 0.6 is 22.7 Å². The number of methoxy groups -OCH3 is 1. The lowest BCUT2D eigenvalue weighted by atomic mass is 10.2. The number of rotatable bonds is 6. The van der Waals surface area contributed by atoms with Gasteiger partial charge in [-0.15, -0.1) is 22.7 Å². The molecule has 1 fully saturated rings. The van der Waals surface area contributed by atoms with Crippen LogP contribution < -0.4 is 10.1 Å². The van der Waals surface area contributed by atoms with Crippen LogP contribution in [-0.4, -0.2) is 53.2 Å². The van der Waals surface area contributed by atoms with Crippen molar-refractivity contribution in [3.8, 4) is 16.3 Å². The number of aromatic nitrogens is 2. The lowest BCUT2D eigenvalue weighted by Crippen LogP contribution is -2.44. The maximum absolute atomic E-state index is 12.8. The fraction of sp³-hybridized carbons (Fsp3) is 0.409. The molecule has 31 heavy (non-hydrogen) atoms. The van der Waals surface area contributed by atoms with Crippen molar-refractivity contribution in [1.82, 2.24) is 14.9 Å². The predicted molar refractivity (Wildman–Crippen MR) is 124 cm³/mol. The molecule has 4 rings (SSSR count). The van der Waals surface area contributed by atoms with Gasteiger partial charge in [0.1, 0.15) is 15.6 Å². The molecule has 1 aliphatic heterocycles. The largest absolute Gasteiger partial charge is 0.497 e. The van der Waals surface area contributed by atoms with Crippen molar-refractivity contribution in [1.29, 1.82) is 0 Å². The van der Waals surface area contributed by atoms with Crippen LogP contribution in [0.1, 0.15) is 34.9 Å². The first-order valence-corrected chi connectivity index (χ1v) is 11.9. The standard InChI is InChI=1S/C22H26N4O3S2/c1-13-9-26(10-14(2)29-13)11-17-12-30-22(24-17)25-20(27)19-15(3)23-21(31-19)16-5-7-18(28-4)8-6-16/h5-8,12-14H,9-11H2,1-4H3,(H,24,25,27). The van der Waals surface area contributed by atoms with Crippen LogP contribution in [0.25, 0.3) is 10.6 Å². The molecule has 0 spiro atoms. The van der Waals surface area contributed by atoms with Gasteiger partial charge < -0.3 is 9.47 Å². The molecule has 0 bridgehead atoms. The first-order valence-electron chi connectivity index (χ1n) is 10.2. The summed E-state index contributed by atoms with van der Waals surface area (Å²) in [7, 11) is 1.64. The number of amides is 1. The van der Waals surface area contributed by atoms with E-state index in [-0.39, 0.29) is 18.1 Å². The summed E-state index contributed by atoms with van der Waals surface area (Å²) >= 11 is 2.83. The van der Waals surface area contributed by atoms with Crippen LogP contribution in [0.2, 0.25) is 0 Å². The number of thiazole rings is 2. The molecule has 2 unspecified atom stereocenters. The Morgan fingerprint density at radius 3 is 2.61 bits per heavy atom. The van der Waals surface area contributed by atoms with E-state index >= 15 is 0 Å². The van der Waals surface area contributed by atoms with E-state index in [0.717, 1.165) is 41.6 Å². The molecule has 2 atom stereocenters. The molecule has 164 valence electrons. The highest BCUT2D eigenvalue weighted by molar-refractivity contribution is 7.17. The summed E-state index contributed by atoms with van der Waals surface area (Å²) in [6, 6.07) is 7.66. The molecule has 3 heterocycles. The summed E-state index contributed by atoms with van der Waals surface area (Å²) in [4.78, 5) is 25.0. The Kier molecular flexibility index (Phi) is 6.66. The van der Waals surface area contributed by atoms with Gasteiger partial charge in [-0.1, -0.05) is 0 Å². The van der Waals surface area contributed by atoms with Crippen LogP contribution in [0.5, 0.6) is 5.75 Å². The highest BCUT2D eigenvalue weighted by Gasteiger charge is 2.23. The Balaban J connectivity index is 1.41. The van der Waals surface area contributed by atoms with Crippen LogP contribution in [0.4, 0.5) is 5.13 Å². The number of benzene rings is 1. The molecule has 7 nitrogen and oxygen atoms in total. The lowest BCUT2D eigenvalue weighted by molar-refractivity contribution is -0.0707. The summed E-state index contributed by atoms with van der Waals surface area (Å²) in [5.41, 5.74) is 2.63. The third-order valence-corrected chi connectivity index (χ3v) is 7.00. The van der Waals surface area contributed by atoms with E-state index in [2.05, 4.69) is 34.0 Å². The van der Waals surface area contributed by atoms with Gasteiger partial charge in [0.25, 0.3) is 5.91 Å². The van der Waals surface area contributed by atoms with Crippen molar-refractivity contribution in [2.45, 2.75) is 39.5 Å². The number of hydrogen-bond acceptors (Lipinski definition) is 8. The number of hydrogen-bond donors (Lipinski definition) is 1. The van der Waals surface area contributed by atoms with Gasteiger partial charge in [0.15, 0.2) is 5.13 Å². The Morgan fingerprint density at radius 1 is 1.23 bits per heavy atom. The van der Waals surface area contributed by atoms with Crippen LogP contribution in [-0.2, 0) is 11.3 Å². The van der Waals surface area contributed by atoms with Gasteiger partial charge in [-0.3, -0.25) is 15.0 Å². The van der Waals surface area contributed by atoms with Gasteiger partial charge in [0.2, 0.25) is 0 Å². The Bertz CT molecular complexity index is 1040. The van der Waals surface area contributed by atoms with Crippen molar-refractivity contribution < 1.29 is 14.3 Å². The molecule has 1 amide bonds. The molecule has 1 saturated heterocycles. The molecular formula is C22H26N4O3S2. The molecule has 0 aliphatic carbocycles. The predicted octanol–water partition coefficient (Wildman–Crippen LogP) is 4.45. The minimum Gasteiger partial charge on any atom is -0.497 e. The monoisotopic (exact) mass is 458 g/mol. The SMILES string of the molecule is COc1ccc(-c2nc(C)c(C(=O)Nc3nc(CN4CC(C)OC(C)C4)cs3)s2)cc1. The van der Waals surface area contributed by atoms with Gasteiger partial charge >= 0.3 is 0 Å². The quantitative estimate of drug-likeness (QED) is 0.588. The minimum absolute atomic E-state index is 0.177. The van der Waals surface area contributed by atoms with Crippen molar-refractivity contribution in [3.63, 3.8) is 0 Å². The summed E-state index contributed by atoms with van der Waals surface area (Å²) in [6.07, 6.45) is 0.437. The highest BCUT2D eigenvalue weighted by Crippen LogP contribution is 2.30. The average Bonchev–Trinajstić information content (AvgIpc) is 3.33. The topological polar surface area (TPSA) is 76.6 Å². The maximum atomic E-state index is 12.8. The number of carbonyl (C=O) groups is 1. The molecule has 3 aromatic rings. The van der Waals surface area contributed by atoms with E-state index in [4.69, 9.17) is 9.47 Å². The van der Waals surface area contributed by atoms with E-state index in [0.29, 0.717) is 15.7 Å². The van der Waals surface area contributed by atoms with Crippen molar-refractivity contribution >= 4 is 33.7 Å². The zero-order valence-corrected chi connectivity index (χ0v) is 19.7. The van der Waals surface area contributed by atoms with Crippen molar-refractivity contribution in [3.05, 3.63) is 45.9 Å². The highest BCUT2D eigenvalue weighted by atomic mass is 32.1. The summed E-state index contributed by atoms with van der Waals surface area (Å²) in [5.74, 6) is 0.611. The second-order valence-corrected chi connectivity index (χ2v) is 9.57. The van der Waals surface area contributed by atoms with E-state index in [9.17, 15) is 4.79 Å². The number of morpholine rings is 1. The lowest BCUT2D eigenvalue weighted by Gasteiger charge is -2.34. The second-order valence-electron chi connectivity index (χ2n) is 7.71. The van der Waals surface area contributed by atoms with Gasteiger partial charge in [-0.2, -0.15) is 0 Å². The summed E-state index contributed by atoms with van der Waals surface area (Å²) in [6.45, 7) is 8.56. The smallest absolute Gasteiger partial charge is 0.269 e. The van der Waals surface area contributed by atoms with Crippen LogP contribution in [0.3, 0.4) is 0 Å². The first kappa shape index (κ1) is 21.9. The zero-order valence-electron chi connectivity index (χ0n) is 18.0. The number of ether oxygens (including phenoxy) is 2. The van der Waals surface area contributed by atoms with Gasteiger partial charge in [-0.05, 0) is 45.0 Å². The van der Waals surface area contributed by atoms with E-state index in [1.807, 2.05) is 36.6 Å². The Morgan fingerprint density at radius 2 is 1.94 bits per heavy atom. The fourth-order valence-corrected chi connectivity index (χ4v) is 5.36. The normalized spacial score (nSPS) is 19.4. The molecule has 1 aromatic carbocycles. The molecule has 1 aliphatic rings. The van der Waals surface area contributed by atoms with E-state index in [1.165, 1.54) is 22.7 Å². The zero-order chi connectivity index (χ0) is 22.0. The second kappa shape index (κ2) is 9.44. The van der Waals surface area contributed by atoms with E-state index in [1.54, 1.807) is 7.11 Å². The number of aryl methyl sites for hydroxylation is 1. The number of carbonyl (C=O) groups excluding carboxylic acids is 1. The van der Waals surface area contributed by atoms with Gasteiger partial charge in [-0.25, -0.2) is 9.97 Å². The summed E-state index contributed by atoms with van der Waals surface area (Å²) in [5, 5.41) is 6.35. The molecule has 1 N–H and O–H groups in total. The van der Waals surface area contributed by atoms with Gasteiger partial charge in [0.05, 0.1) is 30.7 Å². The van der Waals surface area contributed by atoms with Crippen LogP contribution in [0.15, 0.2) is 29.6 Å². The fourth-order valence-electron chi connectivity index (χ4n) is 3.70. The average molecular weight is 459 g/mol. The number of nitrogens with zero attached hydrogens (tertiary/aromatic N) is 3. The molecule has 2 aromatic heterocycles. The maximum Gasteiger partial charge on any atom is 0.269 e. The number of anilines is 1. The molecular weight excluding hydrogens is 432 g/mol. The summed E-state index contributed by atoms with van der Waals surface area (Å²) < 4.78 is 11.0. The molecule has 0 saturated carbocycles. The minimum atomic E-state index is -0.177. The first-order chi connectivity index (χ1) is 14.9. The molecule has 0 radical (unpaired) electrons.